The van der Waals surface area contributed by atoms with Gasteiger partial charge in [-0.2, -0.15) is 0 Å². The Balaban J connectivity index is 1.16. The number of aliphatic hydroxyl groups excluding tert-OH is 2. The molecule has 0 aromatic heterocycles. The molecule has 0 aliphatic carbocycles. The van der Waals surface area contributed by atoms with E-state index >= 15 is 0 Å². The maximum absolute atomic E-state index is 11.9. The van der Waals surface area contributed by atoms with Gasteiger partial charge in [0, 0.05) is 0 Å². The zero-order valence-electron chi connectivity index (χ0n) is 43.3. The Bertz CT molecular complexity index is 3450. The van der Waals surface area contributed by atoms with Gasteiger partial charge in [0.2, 0.25) is 0 Å². The van der Waals surface area contributed by atoms with Crippen LogP contribution >= 0.6 is 31.7 Å². The molecule has 18 rings (SSSR count). The van der Waals surface area contributed by atoms with Crippen LogP contribution in [0.4, 0.5) is 0 Å². The van der Waals surface area contributed by atoms with Crippen LogP contribution in [0, 0.1) is 10.8 Å². The second kappa shape index (κ2) is 10.1. The second-order valence-electron chi connectivity index (χ2n) is 26.7. The summed E-state index contributed by atoms with van der Waals surface area (Å²) in [6.07, 6.45) is 1.65. The van der Waals surface area contributed by atoms with Crippen LogP contribution in [0.3, 0.4) is 0 Å². The minimum atomic E-state index is -6.51. The molecule has 8 unspecified atom stereocenters. The van der Waals surface area contributed by atoms with Gasteiger partial charge in [0.05, 0.1) is 0 Å². The molecule has 7 heteroatoms. The molecule has 0 saturated carbocycles. The monoisotopic (exact) mass is 1090 g/mol. The van der Waals surface area contributed by atoms with E-state index in [1.165, 1.54) is 0 Å². The van der Waals surface area contributed by atoms with Gasteiger partial charge in [-0.05, 0) is 0 Å². The van der Waals surface area contributed by atoms with Gasteiger partial charge in [-0.15, -0.1) is 0 Å². The Morgan fingerprint density at radius 2 is 0.467 bits per heavy atom. The van der Waals surface area contributed by atoms with Gasteiger partial charge in [-0.1, -0.05) is 0 Å². The molecule has 0 amide bonds. The van der Waals surface area contributed by atoms with Crippen LogP contribution in [-0.4, -0.2) is 39.6 Å². The van der Waals surface area contributed by atoms with E-state index in [9.17, 15) is 10.2 Å². The SMILES string of the molecule is CC(C)(CCO)[C]12[CH]3[C]4(P(c5ccccc5)c5ccccc5)[C]5(P(c6ccccc6)c6ccccc6)[CH]1[Fe]32451678[CH]2[C]1(C(C)(C)CCO)[CH]6[C]7(P(c1ccccc1)c1ccccc1)[C]28P(c1ccccc1)c1ccccc1. The standard InChI is InChI=1S/2C34H33OP2.Fe/c2*1-34(2,23-24-35)27-25-32(36(28-15-7-3-8-16-28)29-17-9-4-10-18-29)33(26-27)37(30-19-11-5-12-20-30)31-21-13-6-14-22-31;/h2*3-22,25-26,35H,23-24H2,1-2H3;. The van der Waals surface area contributed by atoms with Crippen molar-refractivity contribution >= 4 is 74.1 Å². The van der Waals surface area contributed by atoms with Gasteiger partial charge in [0.25, 0.3) is 0 Å². The summed E-state index contributed by atoms with van der Waals surface area (Å²) in [5, 5.41) is 36.4. The van der Waals surface area contributed by atoms with Crippen LogP contribution in [0.5, 0.6) is 0 Å². The van der Waals surface area contributed by atoms with Crippen molar-refractivity contribution < 1.29 is 16.7 Å². The van der Waals surface area contributed by atoms with Gasteiger partial charge in [-0.3, -0.25) is 0 Å². The molecule has 2 nitrogen and oxygen atoms in total. The van der Waals surface area contributed by atoms with E-state index in [4.69, 9.17) is 0 Å². The summed E-state index contributed by atoms with van der Waals surface area (Å²) in [4.78, 5) is 2.38. The summed E-state index contributed by atoms with van der Waals surface area (Å²) < 4.78 is 0.369. The molecule has 10 saturated heterocycles. The fraction of sp³-hybridized carbons (Fsp3) is 0.294. The van der Waals surface area contributed by atoms with Crippen molar-refractivity contribution in [3.8, 4) is 0 Å². The minimum absolute atomic E-state index is 0.0462. The molecular weight excluding hydrogens is 1030 g/mol. The van der Waals surface area contributed by atoms with Crippen LogP contribution in [0.1, 0.15) is 40.5 Å². The van der Waals surface area contributed by atoms with Gasteiger partial charge in [0.1, 0.15) is 0 Å². The zero-order valence-corrected chi connectivity index (χ0v) is 48.0. The number of fused-ring (bicyclic) bond motifs is 10. The molecule has 1 spiro atoms. The summed E-state index contributed by atoms with van der Waals surface area (Å²) in [5.74, 6) is 0. The third-order valence-corrected chi connectivity index (χ3v) is 101. The number of hydrogen-bond acceptors (Lipinski definition) is 2. The van der Waals surface area contributed by atoms with Crippen LogP contribution in [0.15, 0.2) is 243 Å². The first-order chi connectivity index (χ1) is 36.5. The quantitative estimate of drug-likeness (QED) is 0.0664. The van der Waals surface area contributed by atoms with Crippen molar-refractivity contribution in [2.24, 2.45) is 10.8 Å². The van der Waals surface area contributed by atoms with Crippen molar-refractivity contribution in [1.82, 2.24) is 0 Å². The number of hydrogen-bond donors (Lipinski definition) is 2. The van der Waals surface area contributed by atoms with E-state index in [0.29, 0.717) is 19.3 Å². The van der Waals surface area contributed by atoms with Gasteiger partial charge >= 0.3 is 442 Å². The molecule has 0 radical (unpaired) electrons. The van der Waals surface area contributed by atoms with E-state index < -0.39 is 38.2 Å². The van der Waals surface area contributed by atoms with E-state index in [-0.39, 0.29) is 48.9 Å². The third kappa shape index (κ3) is 1.81. The Kier molecular flexibility index (Phi) is 6.07. The fourth-order valence-electron chi connectivity index (χ4n) is 31.1. The Morgan fingerprint density at radius 3 is 0.613 bits per heavy atom. The zero-order chi connectivity index (χ0) is 50.7. The van der Waals surface area contributed by atoms with Gasteiger partial charge in [-0.25, -0.2) is 0 Å². The Morgan fingerprint density at radius 1 is 0.307 bits per heavy atom. The summed E-state index contributed by atoms with van der Waals surface area (Å²) in [7, 11) is -3.93. The molecule has 10 aliphatic heterocycles. The molecule has 75 heavy (non-hydrogen) atoms. The normalized spacial score (nSPS) is 41.6. The van der Waals surface area contributed by atoms with Crippen molar-refractivity contribution in [3.63, 3.8) is 0 Å². The average molecular weight is 1100 g/mol. The molecule has 8 aromatic rings. The van der Waals surface area contributed by atoms with Crippen molar-refractivity contribution in [3.05, 3.63) is 243 Å². The molecule has 8 atom stereocenters. The van der Waals surface area contributed by atoms with E-state index in [2.05, 4.69) is 270 Å². The topological polar surface area (TPSA) is 40.5 Å². The predicted octanol–water partition coefficient (Wildman–Crippen LogP) is 13.1. The molecule has 10 heterocycles. The van der Waals surface area contributed by atoms with Crippen molar-refractivity contribution in [2.45, 2.75) is 84.6 Å². The number of aliphatic hydroxyl groups is 2. The van der Waals surface area contributed by atoms with Gasteiger partial charge in [0.15, 0.2) is 0 Å². The van der Waals surface area contributed by atoms with Crippen LogP contribution in [-0.2, 0) is 6.51 Å². The first-order valence-corrected chi connectivity index (χ1v) is 38.7. The molecule has 378 valence electrons. The first kappa shape index (κ1) is 44.9. The molecule has 2 N–H and O–H groups in total. The second-order valence-corrected chi connectivity index (χ2v) is 59.8. The van der Waals surface area contributed by atoms with E-state index in [1.54, 1.807) is 42.4 Å². The predicted molar refractivity (Wildman–Crippen MR) is 319 cm³/mol. The molecule has 0 bridgehead atoms. The summed E-state index contributed by atoms with van der Waals surface area (Å²) >= 11 is 0. The fourth-order valence-corrected chi connectivity index (χ4v) is 178. The average Bonchev–Trinajstić information content (AvgIpc) is 1.02. The Labute approximate surface area is 439 Å². The molecular formula is C68H66FeO2P4. The van der Waals surface area contributed by atoms with Crippen LogP contribution in [0.2, 0.25) is 27.9 Å². The summed E-state index contributed by atoms with van der Waals surface area (Å²) in [5.41, 5.74) is -0.269. The van der Waals surface area contributed by atoms with E-state index in [0.717, 1.165) is 12.8 Å². The van der Waals surface area contributed by atoms with Gasteiger partial charge < -0.3 is 0 Å². The number of rotatable bonds is 18. The number of benzene rings is 8. The van der Waals surface area contributed by atoms with Crippen molar-refractivity contribution in [1.29, 1.82) is 0 Å². The first-order valence-electron chi connectivity index (χ1n) is 27.5. The maximum atomic E-state index is 11.9. The molecule has 10 fully saturated rings. The molecule has 8 aromatic carbocycles. The Hall–Kier alpha value is -4.08. The van der Waals surface area contributed by atoms with E-state index in [1.807, 2.05) is 0 Å². The molecule has 10 aliphatic rings. The summed E-state index contributed by atoms with van der Waals surface area (Å²) in [6.45, 7) is 4.86. The van der Waals surface area contributed by atoms with Crippen molar-refractivity contribution in [2.75, 3.05) is 13.2 Å². The van der Waals surface area contributed by atoms with Crippen LogP contribution in [0.25, 0.3) is 0 Å². The summed E-state index contributed by atoms with van der Waals surface area (Å²) in [6, 6.07) is 97.8. The third-order valence-electron chi connectivity index (χ3n) is 28.0. The van der Waals surface area contributed by atoms with Crippen LogP contribution < -0.4 is 42.4 Å².